The highest BCUT2D eigenvalue weighted by Crippen LogP contribution is 2.35. The number of para-hydroxylation sites is 1. The molecule has 0 aliphatic carbocycles. The molecular weight excluding hydrogens is 368 g/mol. The van der Waals surface area contributed by atoms with Crippen molar-refractivity contribution < 1.29 is 18.7 Å². The van der Waals surface area contributed by atoms with Crippen LogP contribution in [0.15, 0.2) is 46.9 Å². The third-order valence-electron chi connectivity index (χ3n) is 3.81. The number of hydrogen-bond acceptors (Lipinski definition) is 3. The van der Waals surface area contributed by atoms with Gasteiger partial charge in [0.15, 0.2) is 11.3 Å². The normalized spacial score (nSPS) is 11.3. The maximum atomic E-state index is 14.1. The van der Waals surface area contributed by atoms with Crippen molar-refractivity contribution in [3.63, 3.8) is 0 Å². The van der Waals surface area contributed by atoms with Crippen LogP contribution in [0.5, 0.6) is 0 Å². The number of carboxylic acids is 1. The zero-order valence-corrected chi connectivity index (χ0v) is 13.9. The number of hydrogen-bond donors (Lipinski definition) is 1. The van der Waals surface area contributed by atoms with Crippen molar-refractivity contribution in [2.45, 2.75) is 0 Å². The summed E-state index contributed by atoms with van der Waals surface area (Å²) in [6, 6.07) is 10.3. The lowest BCUT2D eigenvalue weighted by atomic mass is 10.1. The molecule has 0 amide bonds. The first kappa shape index (κ1) is 15.9. The summed E-state index contributed by atoms with van der Waals surface area (Å²) < 4.78 is 19.8. The molecule has 1 N–H and O–H groups in total. The second kappa shape index (κ2) is 5.72. The van der Waals surface area contributed by atoms with E-state index < -0.39 is 11.8 Å². The van der Waals surface area contributed by atoms with Crippen LogP contribution in [0.1, 0.15) is 10.4 Å². The Balaban J connectivity index is 2.02. The largest absolute Gasteiger partial charge is 0.478 e. The first-order valence-corrected chi connectivity index (χ1v) is 7.91. The molecule has 4 aromatic rings. The summed E-state index contributed by atoms with van der Waals surface area (Å²) in [4.78, 5) is 15.8. The number of fused-ring (bicyclic) bond motifs is 2. The SMILES string of the molecule is O=C(O)c1cc(-c2cc3cc(Cl)cc(Cl)c3o2)nc2c(F)cccc12. The van der Waals surface area contributed by atoms with E-state index in [1.54, 1.807) is 12.1 Å². The van der Waals surface area contributed by atoms with E-state index in [1.165, 1.54) is 30.3 Å². The van der Waals surface area contributed by atoms with Gasteiger partial charge in [0.2, 0.25) is 0 Å². The Morgan fingerprint density at radius 2 is 1.96 bits per heavy atom. The molecular formula is C18H8Cl2FNO3. The smallest absolute Gasteiger partial charge is 0.336 e. The molecule has 0 saturated carbocycles. The van der Waals surface area contributed by atoms with E-state index in [4.69, 9.17) is 27.6 Å². The van der Waals surface area contributed by atoms with Gasteiger partial charge in [0, 0.05) is 15.8 Å². The lowest BCUT2D eigenvalue weighted by Gasteiger charge is -2.05. The standard InChI is InChI=1S/C18H8Cl2FNO3/c19-9-4-8-5-15(25-17(8)12(20)6-9)14-7-11(18(23)24)10-2-1-3-13(21)16(10)22-14/h1-7H,(H,23,24). The summed E-state index contributed by atoms with van der Waals surface area (Å²) in [5.74, 6) is -1.53. The Kier molecular flexibility index (Phi) is 3.63. The molecule has 2 heterocycles. The number of furan rings is 1. The van der Waals surface area contributed by atoms with Crippen molar-refractivity contribution in [2.24, 2.45) is 0 Å². The minimum atomic E-state index is -1.18. The van der Waals surface area contributed by atoms with Gasteiger partial charge in [0.25, 0.3) is 0 Å². The summed E-state index contributed by atoms with van der Waals surface area (Å²) >= 11 is 12.1. The highest BCUT2D eigenvalue weighted by Gasteiger charge is 2.18. The van der Waals surface area contributed by atoms with E-state index in [9.17, 15) is 14.3 Å². The number of nitrogens with zero attached hydrogens (tertiary/aromatic N) is 1. The lowest BCUT2D eigenvalue weighted by Crippen LogP contribution is -2.01. The molecule has 0 saturated heterocycles. The van der Waals surface area contributed by atoms with Gasteiger partial charge in [-0.1, -0.05) is 35.3 Å². The number of benzene rings is 2. The van der Waals surface area contributed by atoms with Crippen molar-refractivity contribution in [1.29, 1.82) is 0 Å². The Labute approximate surface area is 150 Å². The van der Waals surface area contributed by atoms with Gasteiger partial charge in [-0.2, -0.15) is 0 Å². The third-order valence-corrected chi connectivity index (χ3v) is 4.31. The Bertz CT molecular complexity index is 1170. The lowest BCUT2D eigenvalue weighted by molar-refractivity contribution is 0.0699. The molecule has 0 spiro atoms. The minimum absolute atomic E-state index is 0.0398. The fourth-order valence-electron chi connectivity index (χ4n) is 2.72. The average Bonchev–Trinajstić information content (AvgIpc) is 2.98. The van der Waals surface area contributed by atoms with Crippen LogP contribution in [0, 0.1) is 5.82 Å². The van der Waals surface area contributed by atoms with Crippen molar-refractivity contribution in [2.75, 3.05) is 0 Å². The van der Waals surface area contributed by atoms with Crippen molar-refractivity contribution in [1.82, 2.24) is 4.98 Å². The molecule has 0 fully saturated rings. The maximum Gasteiger partial charge on any atom is 0.336 e. The van der Waals surface area contributed by atoms with Gasteiger partial charge < -0.3 is 9.52 Å². The first-order chi connectivity index (χ1) is 11.9. The minimum Gasteiger partial charge on any atom is -0.478 e. The highest BCUT2D eigenvalue weighted by molar-refractivity contribution is 6.38. The fraction of sp³-hybridized carbons (Fsp3) is 0. The van der Waals surface area contributed by atoms with Gasteiger partial charge in [0.1, 0.15) is 17.0 Å². The van der Waals surface area contributed by atoms with E-state index in [0.29, 0.717) is 21.0 Å². The predicted molar refractivity (Wildman–Crippen MR) is 93.9 cm³/mol. The van der Waals surface area contributed by atoms with Crippen LogP contribution in [0.25, 0.3) is 33.3 Å². The molecule has 124 valence electrons. The molecule has 0 aliphatic heterocycles. The van der Waals surface area contributed by atoms with Gasteiger partial charge in [-0.05, 0) is 30.3 Å². The number of carboxylic acid groups (broad SMARTS) is 1. The van der Waals surface area contributed by atoms with Gasteiger partial charge in [-0.3, -0.25) is 0 Å². The Morgan fingerprint density at radius 3 is 2.72 bits per heavy atom. The van der Waals surface area contributed by atoms with Crippen LogP contribution in [-0.2, 0) is 0 Å². The first-order valence-electron chi connectivity index (χ1n) is 7.15. The molecule has 2 aromatic carbocycles. The molecule has 0 radical (unpaired) electrons. The number of pyridine rings is 1. The number of halogens is 3. The third kappa shape index (κ3) is 2.62. The molecule has 4 rings (SSSR count). The number of aromatic carboxylic acids is 1. The molecule has 0 unspecified atom stereocenters. The molecule has 0 aliphatic rings. The van der Waals surface area contributed by atoms with Gasteiger partial charge in [0.05, 0.1) is 10.6 Å². The number of carbonyl (C=O) groups is 1. The van der Waals surface area contributed by atoms with Crippen molar-refractivity contribution in [3.8, 4) is 11.5 Å². The molecule has 7 heteroatoms. The summed E-state index contributed by atoms with van der Waals surface area (Å²) in [6.07, 6.45) is 0. The zero-order valence-electron chi connectivity index (χ0n) is 12.4. The molecule has 0 atom stereocenters. The summed E-state index contributed by atoms with van der Waals surface area (Å²) in [5.41, 5.74) is 0.484. The second-order valence-electron chi connectivity index (χ2n) is 5.41. The van der Waals surface area contributed by atoms with Gasteiger partial charge >= 0.3 is 5.97 Å². The van der Waals surface area contributed by atoms with Gasteiger partial charge in [-0.25, -0.2) is 14.2 Å². The average molecular weight is 376 g/mol. The zero-order chi connectivity index (χ0) is 17.7. The number of rotatable bonds is 2. The van der Waals surface area contributed by atoms with Crippen LogP contribution in [0.3, 0.4) is 0 Å². The van der Waals surface area contributed by atoms with Crippen LogP contribution >= 0.6 is 23.2 Å². The van der Waals surface area contributed by atoms with Crippen LogP contribution in [0.4, 0.5) is 4.39 Å². The van der Waals surface area contributed by atoms with Crippen molar-refractivity contribution >= 4 is 51.0 Å². The molecule has 2 aromatic heterocycles. The van der Waals surface area contributed by atoms with Crippen LogP contribution in [-0.4, -0.2) is 16.1 Å². The Hall–Kier alpha value is -2.63. The summed E-state index contributed by atoms with van der Waals surface area (Å²) in [5, 5.41) is 11.1. The molecule has 0 bridgehead atoms. The number of aromatic nitrogens is 1. The summed E-state index contributed by atoms with van der Waals surface area (Å²) in [6.45, 7) is 0. The van der Waals surface area contributed by atoms with Crippen LogP contribution in [0.2, 0.25) is 10.0 Å². The fourth-order valence-corrected chi connectivity index (χ4v) is 3.27. The van der Waals surface area contributed by atoms with Crippen LogP contribution < -0.4 is 0 Å². The van der Waals surface area contributed by atoms with E-state index in [0.717, 1.165) is 0 Å². The topological polar surface area (TPSA) is 63.3 Å². The van der Waals surface area contributed by atoms with Gasteiger partial charge in [-0.15, -0.1) is 0 Å². The predicted octanol–water partition coefficient (Wildman–Crippen LogP) is 5.79. The van der Waals surface area contributed by atoms with E-state index in [-0.39, 0.29) is 27.9 Å². The molecule has 4 nitrogen and oxygen atoms in total. The second-order valence-corrected chi connectivity index (χ2v) is 6.26. The Morgan fingerprint density at radius 1 is 1.16 bits per heavy atom. The van der Waals surface area contributed by atoms with E-state index in [1.807, 2.05) is 0 Å². The monoisotopic (exact) mass is 375 g/mol. The summed E-state index contributed by atoms with van der Waals surface area (Å²) in [7, 11) is 0. The van der Waals surface area contributed by atoms with Crippen molar-refractivity contribution in [3.05, 3.63) is 63.9 Å². The van der Waals surface area contributed by atoms with E-state index in [2.05, 4.69) is 4.98 Å². The highest BCUT2D eigenvalue weighted by atomic mass is 35.5. The maximum absolute atomic E-state index is 14.1. The van der Waals surface area contributed by atoms with E-state index >= 15 is 0 Å². The quantitative estimate of drug-likeness (QED) is 0.481. The molecule has 25 heavy (non-hydrogen) atoms.